The fourth-order valence-corrected chi connectivity index (χ4v) is 3.72. The van der Waals surface area contributed by atoms with Gasteiger partial charge in [0.25, 0.3) is 0 Å². The van der Waals surface area contributed by atoms with Gasteiger partial charge in [-0.05, 0) is 22.3 Å². The van der Waals surface area contributed by atoms with E-state index in [0.29, 0.717) is 0 Å². The zero-order valence-corrected chi connectivity index (χ0v) is 25.9. The normalized spacial score (nSPS) is 9.43. The average molecular weight is 626 g/mol. The van der Waals surface area contributed by atoms with E-state index in [9.17, 15) is 0 Å². The van der Waals surface area contributed by atoms with E-state index in [1.807, 2.05) is 25.0 Å². The van der Waals surface area contributed by atoms with Crippen LogP contribution in [0.1, 0.15) is 22.3 Å². The van der Waals surface area contributed by atoms with Gasteiger partial charge in [0, 0.05) is 60.9 Å². The molecule has 3 aromatic heterocycles. The Morgan fingerprint density at radius 1 is 0.686 bits per heavy atom. The molecule has 0 fully saturated rings. The monoisotopic (exact) mass is 624 g/mol. The molecule has 2 aromatic carbocycles. The van der Waals surface area contributed by atoms with Crippen molar-refractivity contribution in [1.82, 2.24) is 29.1 Å². The molecule has 5 aromatic rings. The van der Waals surface area contributed by atoms with Crippen LogP contribution in [-0.2, 0) is 23.7 Å². The molecule has 0 spiro atoms. The van der Waals surface area contributed by atoms with Crippen LogP contribution in [0.15, 0.2) is 105 Å². The van der Waals surface area contributed by atoms with E-state index in [1.54, 1.807) is 31.1 Å². The summed E-state index contributed by atoms with van der Waals surface area (Å²) < 4.78 is 4.13. The minimum Gasteiger partial charge on any atom is -0.870 e. The summed E-state index contributed by atoms with van der Waals surface area (Å²) in [6.45, 7) is 1.72. The zero-order valence-electron chi connectivity index (χ0n) is 19.6. The van der Waals surface area contributed by atoms with Gasteiger partial charge >= 0.3 is 51.4 Å². The molecule has 178 valence electrons. The molecule has 0 unspecified atom stereocenters. The Morgan fingerprint density at radius 3 is 1.51 bits per heavy atom. The second-order valence-corrected chi connectivity index (χ2v) is 8.26. The molecule has 0 atom stereocenters. The Labute approximate surface area is 265 Å². The molecule has 0 bridgehead atoms. The number of hydrogen-bond acceptors (Lipinski definition) is 4. The summed E-state index contributed by atoms with van der Waals surface area (Å²) in [7, 11) is 0. The van der Waals surface area contributed by atoms with Gasteiger partial charge < -0.3 is 19.6 Å². The number of rotatable bonds is 6. The van der Waals surface area contributed by atoms with Crippen molar-refractivity contribution in [3.63, 3.8) is 0 Å². The number of benzene rings is 2. The minimum absolute atomic E-state index is 0. The predicted octanol–water partition coefficient (Wildman–Crippen LogP) is 2.89. The van der Waals surface area contributed by atoms with Crippen LogP contribution in [0.3, 0.4) is 0 Å². The average Bonchev–Trinajstić information content (AvgIpc) is 3.65. The number of aromatic amines is 1. The second kappa shape index (κ2) is 18.8. The smallest absolute Gasteiger partial charge is 0.870 e. The maximum Gasteiger partial charge on any atom is 1.00 e. The molecule has 7 nitrogen and oxygen atoms in total. The van der Waals surface area contributed by atoms with E-state index in [-0.39, 0.29) is 56.9 Å². The fraction of sp³-hybridized carbons (Fsp3) is 0.160. The second-order valence-electron chi connectivity index (χ2n) is 7.14. The van der Waals surface area contributed by atoms with Crippen molar-refractivity contribution in [1.29, 1.82) is 0 Å². The Morgan fingerprint density at radius 2 is 1.17 bits per heavy atom. The summed E-state index contributed by atoms with van der Waals surface area (Å²) >= 11 is 6.81. The molecule has 10 heteroatoms. The molecule has 0 aliphatic heterocycles. The molecule has 35 heavy (non-hydrogen) atoms. The van der Waals surface area contributed by atoms with E-state index in [2.05, 4.69) is 109 Å². The van der Waals surface area contributed by atoms with Gasteiger partial charge in [0.1, 0.15) is 0 Å². The third kappa shape index (κ3) is 12.4. The summed E-state index contributed by atoms with van der Waals surface area (Å²) in [6, 6.07) is 17.1. The van der Waals surface area contributed by atoms with Gasteiger partial charge in [0.05, 0.1) is 19.0 Å². The Bertz CT molecular complexity index is 1060. The van der Waals surface area contributed by atoms with Crippen LogP contribution in [0.2, 0.25) is 0 Å². The topological polar surface area (TPSA) is 94.3 Å². The number of H-pyrrole nitrogens is 1. The molecule has 0 aliphatic rings. The van der Waals surface area contributed by atoms with Crippen LogP contribution in [-0.4, -0.2) is 34.5 Å². The summed E-state index contributed by atoms with van der Waals surface area (Å²) in [6.07, 6.45) is 16.3. The SMILES string of the molecule is BrCc1cccc(CBr)c1.[K+].[OH-].c1c[nH]cn1.c1cc(Cn2ccnc2)cc(Cn2ccnc2)c1. The Kier molecular flexibility index (Phi) is 17.0. The van der Waals surface area contributed by atoms with Gasteiger partial charge in [-0.15, -0.1) is 0 Å². The third-order valence-corrected chi connectivity index (χ3v) is 5.84. The third-order valence-electron chi connectivity index (χ3n) is 4.55. The van der Waals surface area contributed by atoms with Crippen LogP contribution < -0.4 is 51.4 Å². The maximum absolute atomic E-state index is 4.05. The van der Waals surface area contributed by atoms with E-state index in [1.165, 1.54) is 22.3 Å². The van der Waals surface area contributed by atoms with E-state index in [4.69, 9.17) is 0 Å². The predicted molar refractivity (Wildman–Crippen MR) is 141 cm³/mol. The standard InChI is InChI=1S/C14H14N4.C8H8Br2.C3H4N2.K.H2O/c1-2-13(9-17-6-4-15-11-17)8-14(3-1)10-18-7-5-16-12-18;9-5-7-2-1-3-8(4-7)6-10;1-2-5-3-4-1;;/h1-8,11-12H,9-10H2;1-4H,5-6H2;1-3H,(H,4,5);;1H2/q;;;+1;/p-1. The number of alkyl halides is 2. The van der Waals surface area contributed by atoms with Crippen molar-refractivity contribution >= 4 is 31.9 Å². The molecule has 0 saturated heterocycles. The van der Waals surface area contributed by atoms with Gasteiger partial charge in [-0.25, -0.2) is 15.0 Å². The number of imidazole rings is 3. The molecule has 0 amide bonds. The van der Waals surface area contributed by atoms with Gasteiger partial charge in [0.2, 0.25) is 0 Å². The van der Waals surface area contributed by atoms with Crippen LogP contribution in [0.5, 0.6) is 0 Å². The first-order chi connectivity index (χ1) is 16.3. The van der Waals surface area contributed by atoms with Gasteiger partial charge in [0.15, 0.2) is 0 Å². The van der Waals surface area contributed by atoms with Gasteiger partial charge in [-0.1, -0.05) is 80.4 Å². The largest absolute Gasteiger partial charge is 1.00 e. The number of halogens is 2. The molecule has 3 heterocycles. The molecule has 0 aliphatic carbocycles. The Balaban J connectivity index is 0.000000305. The summed E-state index contributed by atoms with van der Waals surface area (Å²) in [5.74, 6) is 0. The van der Waals surface area contributed by atoms with Crippen molar-refractivity contribution in [2.45, 2.75) is 23.7 Å². The van der Waals surface area contributed by atoms with Crippen LogP contribution in [0.4, 0.5) is 0 Å². The molecular formula is C25H27Br2KN6O. The molecule has 2 N–H and O–H groups in total. The molecule has 0 saturated carbocycles. The summed E-state index contributed by atoms with van der Waals surface area (Å²) in [5, 5.41) is 1.88. The van der Waals surface area contributed by atoms with Crippen molar-refractivity contribution in [3.8, 4) is 0 Å². The number of hydrogen-bond donors (Lipinski definition) is 1. The minimum atomic E-state index is 0. The molecular weight excluding hydrogens is 599 g/mol. The first-order valence-corrected chi connectivity index (χ1v) is 12.6. The summed E-state index contributed by atoms with van der Waals surface area (Å²) in [4.78, 5) is 14.5. The summed E-state index contributed by atoms with van der Waals surface area (Å²) in [5.41, 5.74) is 5.23. The number of nitrogens with one attached hydrogen (secondary N) is 1. The van der Waals surface area contributed by atoms with Crippen molar-refractivity contribution in [2.75, 3.05) is 0 Å². The molecule has 5 rings (SSSR count). The van der Waals surface area contributed by atoms with Crippen LogP contribution in [0, 0.1) is 0 Å². The van der Waals surface area contributed by atoms with Crippen molar-refractivity contribution < 1.29 is 56.9 Å². The quantitative estimate of drug-likeness (QED) is 0.232. The zero-order chi connectivity index (χ0) is 23.1. The van der Waals surface area contributed by atoms with Crippen molar-refractivity contribution in [2.24, 2.45) is 0 Å². The van der Waals surface area contributed by atoms with Gasteiger partial charge in [-0.3, -0.25) is 0 Å². The van der Waals surface area contributed by atoms with E-state index >= 15 is 0 Å². The van der Waals surface area contributed by atoms with Gasteiger partial charge in [-0.2, -0.15) is 0 Å². The maximum atomic E-state index is 4.05. The number of aromatic nitrogens is 6. The number of nitrogens with zero attached hydrogens (tertiary/aromatic N) is 5. The molecule has 0 radical (unpaired) electrons. The first kappa shape index (κ1) is 31.7. The van der Waals surface area contributed by atoms with Crippen LogP contribution >= 0.6 is 31.9 Å². The first-order valence-electron chi connectivity index (χ1n) is 10.4. The van der Waals surface area contributed by atoms with E-state index in [0.717, 1.165) is 23.7 Å². The Hall–Kier alpha value is -1.37. The van der Waals surface area contributed by atoms with Crippen LogP contribution in [0.25, 0.3) is 0 Å². The van der Waals surface area contributed by atoms with E-state index < -0.39 is 0 Å². The van der Waals surface area contributed by atoms with Crippen molar-refractivity contribution in [3.05, 3.63) is 127 Å². The fourth-order valence-electron chi connectivity index (χ4n) is 3.02.